The van der Waals surface area contributed by atoms with E-state index in [0.717, 1.165) is 23.4 Å². The molecular weight excluding hydrogens is 609 g/mol. The lowest BCUT2D eigenvalue weighted by Gasteiger charge is -2.12. The van der Waals surface area contributed by atoms with E-state index in [1.54, 1.807) is 61.2 Å². The van der Waals surface area contributed by atoms with Crippen LogP contribution in [0.2, 0.25) is 0 Å². The average Bonchev–Trinajstić information content (AvgIpc) is 3.68. The van der Waals surface area contributed by atoms with E-state index in [2.05, 4.69) is 35.5 Å². The van der Waals surface area contributed by atoms with E-state index < -0.39 is 21.0 Å². The number of amides is 1. The van der Waals surface area contributed by atoms with Gasteiger partial charge in [-0.2, -0.15) is 5.10 Å². The monoisotopic (exact) mass is 633 g/mol. The Morgan fingerprint density at radius 1 is 0.935 bits per heavy atom. The van der Waals surface area contributed by atoms with Crippen LogP contribution in [-0.4, -0.2) is 55.7 Å². The maximum atomic E-state index is 14.7. The zero-order chi connectivity index (χ0) is 32.0. The standard InChI is InChI=1S/C32H24FN9O3S/c1-46(44,45)29(34)19-9-18(10-22(33)11-19)26-28-25(7-8-36-26)39-31(40-28)27-24-13-21(15-37-30(24)42-41-27)20-12-23(16-35-14-20)38-32(43)17-5-3-2-4-6-17/h2-16,29H,34H2,1H3,(H,38,43)(H,39,40)(H,37,41,42). The van der Waals surface area contributed by atoms with Crippen LogP contribution >= 0.6 is 0 Å². The van der Waals surface area contributed by atoms with Crippen LogP contribution in [0.1, 0.15) is 21.3 Å². The summed E-state index contributed by atoms with van der Waals surface area (Å²) in [5.74, 6) is -0.506. The summed E-state index contributed by atoms with van der Waals surface area (Å²) in [5.41, 5.74) is 11.2. The van der Waals surface area contributed by atoms with Gasteiger partial charge >= 0.3 is 0 Å². The zero-order valence-electron chi connectivity index (χ0n) is 24.1. The molecule has 0 spiro atoms. The number of fused-ring (bicyclic) bond motifs is 2. The lowest BCUT2D eigenvalue weighted by atomic mass is 10.1. The van der Waals surface area contributed by atoms with Crippen molar-refractivity contribution in [2.45, 2.75) is 5.37 Å². The normalized spacial score (nSPS) is 12.4. The Bertz CT molecular complexity index is 2390. The van der Waals surface area contributed by atoms with E-state index in [4.69, 9.17) is 10.7 Å². The molecule has 1 atom stereocenters. The molecule has 5 N–H and O–H groups in total. The number of hydrogen-bond donors (Lipinski definition) is 4. The number of aromatic amines is 2. The van der Waals surface area contributed by atoms with Crippen molar-refractivity contribution in [3.8, 4) is 33.9 Å². The first-order chi connectivity index (χ1) is 22.1. The number of H-pyrrole nitrogens is 2. The lowest BCUT2D eigenvalue weighted by Crippen LogP contribution is -2.20. The van der Waals surface area contributed by atoms with Crippen LogP contribution in [0.4, 0.5) is 10.1 Å². The summed E-state index contributed by atoms with van der Waals surface area (Å²) < 4.78 is 38.8. The molecule has 0 aliphatic carbocycles. The molecule has 0 aliphatic heterocycles. The molecule has 0 bridgehead atoms. The third-order valence-corrected chi connectivity index (χ3v) is 8.59. The summed E-state index contributed by atoms with van der Waals surface area (Å²) in [6.45, 7) is 0. The van der Waals surface area contributed by atoms with Gasteiger partial charge in [0, 0.05) is 47.1 Å². The molecule has 7 aromatic rings. The van der Waals surface area contributed by atoms with Crippen LogP contribution in [0, 0.1) is 5.82 Å². The number of nitrogens with one attached hydrogen (secondary N) is 3. The number of halogens is 1. The third-order valence-electron chi connectivity index (χ3n) is 7.39. The molecule has 14 heteroatoms. The van der Waals surface area contributed by atoms with Gasteiger partial charge in [0.15, 0.2) is 21.3 Å². The predicted molar refractivity (Wildman–Crippen MR) is 172 cm³/mol. The minimum atomic E-state index is -3.67. The van der Waals surface area contributed by atoms with E-state index >= 15 is 0 Å². The highest BCUT2D eigenvalue weighted by molar-refractivity contribution is 7.90. The summed E-state index contributed by atoms with van der Waals surface area (Å²) in [4.78, 5) is 33.9. The molecule has 0 radical (unpaired) electrons. The van der Waals surface area contributed by atoms with E-state index in [-0.39, 0.29) is 11.5 Å². The molecular formula is C32H24FN9O3S. The molecule has 5 heterocycles. The van der Waals surface area contributed by atoms with Crippen molar-refractivity contribution in [2.24, 2.45) is 5.73 Å². The molecule has 0 saturated carbocycles. The minimum Gasteiger partial charge on any atom is -0.336 e. The maximum Gasteiger partial charge on any atom is 0.255 e. The molecule has 1 amide bonds. The molecule has 2 aromatic carbocycles. The molecule has 0 aliphatic rings. The fraction of sp³-hybridized carbons (Fsp3) is 0.0625. The number of anilines is 1. The quantitative estimate of drug-likeness (QED) is 0.187. The van der Waals surface area contributed by atoms with Gasteiger partial charge in [-0.05, 0) is 54.1 Å². The first-order valence-electron chi connectivity index (χ1n) is 13.9. The van der Waals surface area contributed by atoms with Gasteiger partial charge in [0.1, 0.15) is 22.4 Å². The van der Waals surface area contributed by atoms with Gasteiger partial charge < -0.3 is 16.0 Å². The smallest absolute Gasteiger partial charge is 0.255 e. The van der Waals surface area contributed by atoms with E-state index in [9.17, 15) is 17.6 Å². The summed E-state index contributed by atoms with van der Waals surface area (Å²) in [7, 11) is -3.67. The van der Waals surface area contributed by atoms with Crippen LogP contribution in [-0.2, 0) is 9.84 Å². The van der Waals surface area contributed by atoms with Gasteiger partial charge in [-0.3, -0.25) is 19.9 Å². The van der Waals surface area contributed by atoms with E-state index in [1.807, 2.05) is 12.1 Å². The summed E-state index contributed by atoms with van der Waals surface area (Å²) in [6, 6.07) is 18.1. The number of rotatable bonds is 7. The summed E-state index contributed by atoms with van der Waals surface area (Å²) in [5, 5.41) is 9.51. The van der Waals surface area contributed by atoms with Crippen molar-refractivity contribution >= 4 is 43.5 Å². The van der Waals surface area contributed by atoms with Crippen LogP contribution in [0.3, 0.4) is 0 Å². The number of sulfone groups is 1. The lowest BCUT2D eigenvalue weighted by molar-refractivity contribution is 0.102. The Balaban J connectivity index is 1.25. The van der Waals surface area contributed by atoms with Crippen LogP contribution in [0.5, 0.6) is 0 Å². The maximum absolute atomic E-state index is 14.7. The van der Waals surface area contributed by atoms with Crippen LogP contribution in [0.25, 0.3) is 56.0 Å². The summed E-state index contributed by atoms with van der Waals surface area (Å²) >= 11 is 0. The second kappa shape index (κ2) is 11.3. The van der Waals surface area contributed by atoms with Crippen molar-refractivity contribution in [1.29, 1.82) is 0 Å². The van der Waals surface area contributed by atoms with Gasteiger partial charge in [0.05, 0.1) is 28.5 Å². The number of nitrogens with two attached hydrogens (primary N) is 1. The molecule has 0 fully saturated rings. The van der Waals surface area contributed by atoms with E-state index in [1.165, 1.54) is 12.1 Å². The topological polar surface area (TPSA) is 185 Å². The Hall–Kier alpha value is -5.86. The van der Waals surface area contributed by atoms with Crippen molar-refractivity contribution in [3.63, 3.8) is 0 Å². The fourth-order valence-electron chi connectivity index (χ4n) is 5.12. The van der Waals surface area contributed by atoms with Crippen molar-refractivity contribution in [1.82, 2.24) is 35.1 Å². The number of hydrogen-bond acceptors (Lipinski definition) is 9. The summed E-state index contributed by atoms with van der Waals surface area (Å²) in [6.07, 6.45) is 7.44. The number of carbonyl (C=O) groups excluding carboxylic acids is 1. The van der Waals surface area contributed by atoms with Crippen molar-refractivity contribution < 1.29 is 17.6 Å². The molecule has 46 heavy (non-hydrogen) atoms. The number of carbonyl (C=O) groups is 1. The highest BCUT2D eigenvalue weighted by Gasteiger charge is 2.22. The number of benzene rings is 2. The Labute approximate surface area is 260 Å². The molecule has 7 rings (SSSR count). The average molecular weight is 634 g/mol. The fourth-order valence-corrected chi connectivity index (χ4v) is 5.75. The molecule has 12 nitrogen and oxygen atoms in total. The largest absolute Gasteiger partial charge is 0.336 e. The van der Waals surface area contributed by atoms with Gasteiger partial charge in [-0.25, -0.2) is 22.8 Å². The number of pyridine rings is 3. The number of nitrogens with zero attached hydrogens (tertiary/aromatic N) is 5. The first kappa shape index (κ1) is 28.9. The second-order valence-corrected chi connectivity index (χ2v) is 12.8. The second-order valence-electron chi connectivity index (χ2n) is 10.6. The van der Waals surface area contributed by atoms with Gasteiger partial charge in [0.25, 0.3) is 5.91 Å². The minimum absolute atomic E-state index is 0.0992. The molecule has 1 unspecified atom stereocenters. The van der Waals surface area contributed by atoms with Gasteiger partial charge in [-0.1, -0.05) is 18.2 Å². The SMILES string of the molecule is CS(=O)(=O)C(N)c1cc(F)cc(-c2nccc3[nH]c(-c4n[nH]c5ncc(-c6cncc(NC(=O)c7ccccc7)c6)cc45)nc23)c1. The molecule has 0 saturated heterocycles. The predicted octanol–water partition coefficient (Wildman–Crippen LogP) is 5.02. The third kappa shape index (κ3) is 5.46. The first-order valence-corrected chi connectivity index (χ1v) is 15.9. The van der Waals surface area contributed by atoms with Crippen molar-refractivity contribution in [2.75, 3.05) is 11.6 Å². The van der Waals surface area contributed by atoms with Gasteiger partial charge in [0.2, 0.25) is 0 Å². The Morgan fingerprint density at radius 2 is 1.74 bits per heavy atom. The molecule has 228 valence electrons. The van der Waals surface area contributed by atoms with E-state index in [0.29, 0.717) is 56.1 Å². The Morgan fingerprint density at radius 3 is 2.54 bits per heavy atom. The highest BCUT2D eigenvalue weighted by Crippen LogP contribution is 2.33. The van der Waals surface area contributed by atoms with Crippen molar-refractivity contribution in [3.05, 3.63) is 108 Å². The number of imidazole rings is 1. The zero-order valence-corrected chi connectivity index (χ0v) is 24.9. The molecule has 5 aromatic heterocycles. The Kier molecular flexibility index (Phi) is 7.06. The van der Waals surface area contributed by atoms with Crippen LogP contribution in [0.15, 0.2) is 91.5 Å². The van der Waals surface area contributed by atoms with Crippen LogP contribution < -0.4 is 11.1 Å². The highest BCUT2D eigenvalue weighted by atomic mass is 32.2. The van der Waals surface area contributed by atoms with Gasteiger partial charge in [-0.15, -0.1) is 0 Å². The number of aromatic nitrogens is 7.